The third kappa shape index (κ3) is 3.26. The molecule has 0 aliphatic heterocycles. The van der Waals surface area contributed by atoms with E-state index in [1.807, 2.05) is 6.92 Å². The summed E-state index contributed by atoms with van der Waals surface area (Å²) in [6, 6.07) is 0. The first-order chi connectivity index (χ1) is 11.6. The summed E-state index contributed by atoms with van der Waals surface area (Å²) in [6.45, 7) is 7.94. The van der Waals surface area contributed by atoms with Crippen LogP contribution in [0.2, 0.25) is 0 Å². The summed E-state index contributed by atoms with van der Waals surface area (Å²) in [5, 5.41) is 19.4. The fraction of sp³-hybridized carbons (Fsp3) is 0.700. The van der Waals surface area contributed by atoms with Gasteiger partial charge in [0.1, 0.15) is 0 Å². The van der Waals surface area contributed by atoms with Crippen molar-refractivity contribution in [3.05, 3.63) is 23.3 Å². The third-order valence-electron chi connectivity index (χ3n) is 6.30. The Labute approximate surface area is 149 Å². The molecule has 0 radical (unpaired) electrons. The summed E-state index contributed by atoms with van der Waals surface area (Å²) in [4.78, 5) is 23.7. The van der Waals surface area contributed by atoms with Crippen LogP contribution in [-0.4, -0.2) is 35.4 Å². The lowest BCUT2D eigenvalue weighted by atomic mass is 9.48. The van der Waals surface area contributed by atoms with Crippen molar-refractivity contribution in [1.29, 1.82) is 0 Å². The van der Waals surface area contributed by atoms with Crippen LogP contribution in [-0.2, 0) is 14.3 Å². The van der Waals surface area contributed by atoms with Gasteiger partial charge in [-0.1, -0.05) is 26.8 Å². The molecule has 0 aromatic carbocycles. The number of allylic oxidation sites excluding steroid dienone is 3. The molecule has 2 aliphatic carbocycles. The standard InChI is InChI=1S/C20H30O5/c1-12(2)10-13-6-7-15-19(3,14(13)11-17(21)22)9-8-16(25-5)20(15,4)18(23)24/h10-12,15-16H,6-9H2,1-5H3,(H,21,22)(H,23,24)/b13-10+,14-11+/t15-,16+,19-,20-/m1/s1. The van der Waals surface area contributed by atoms with Gasteiger partial charge in [-0.05, 0) is 61.0 Å². The number of aliphatic carboxylic acids is 2. The van der Waals surface area contributed by atoms with Gasteiger partial charge in [0, 0.05) is 13.2 Å². The van der Waals surface area contributed by atoms with E-state index < -0.39 is 22.8 Å². The van der Waals surface area contributed by atoms with Gasteiger partial charge in [-0.2, -0.15) is 0 Å². The van der Waals surface area contributed by atoms with Crippen LogP contribution < -0.4 is 0 Å². The summed E-state index contributed by atoms with van der Waals surface area (Å²) >= 11 is 0. The first kappa shape index (κ1) is 19.7. The monoisotopic (exact) mass is 350 g/mol. The summed E-state index contributed by atoms with van der Waals surface area (Å²) in [5.41, 5.74) is 0.356. The number of fused-ring (bicyclic) bond motifs is 1. The van der Waals surface area contributed by atoms with Gasteiger partial charge in [-0.15, -0.1) is 0 Å². The molecule has 5 nitrogen and oxygen atoms in total. The van der Waals surface area contributed by atoms with Crippen LogP contribution in [0, 0.1) is 22.7 Å². The second kappa shape index (κ2) is 6.94. The van der Waals surface area contributed by atoms with E-state index in [2.05, 4.69) is 19.9 Å². The van der Waals surface area contributed by atoms with E-state index in [1.54, 1.807) is 14.0 Å². The summed E-state index contributed by atoms with van der Waals surface area (Å²) in [6.07, 6.45) is 5.84. The molecule has 0 bridgehead atoms. The van der Waals surface area contributed by atoms with Crippen molar-refractivity contribution in [2.45, 2.75) is 59.5 Å². The van der Waals surface area contributed by atoms with Crippen molar-refractivity contribution in [3.63, 3.8) is 0 Å². The van der Waals surface area contributed by atoms with Gasteiger partial charge in [-0.25, -0.2) is 4.79 Å². The Kier molecular flexibility index (Phi) is 5.47. The van der Waals surface area contributed by atoms with E-state index in [4.69, 9.17) is 4.74 Å². The van der Waals surface area contributed by atoms with Gasteiger partial charge in [0.05, 0.1) is 11.5 Å². The zero-order valence-corrected chi connectivity index (χ0v) is 15.8. The number of rotatable bonds is 4. The van der Waals surface area contributed by atoms with Crippen LogP contribution >= 0.6 is 0 Å². The first-order valence-corrected chi connectivity index (χ1v) is 8.99. The maximum Gasteiger partial charge on any atom is 0.328 e. The van der Waals surface area contributed by atoms with Crippen LogP contribution in [0.1, 0.15) is 53.4 Å². The average Bonchev–Trinajstić information content (AvgIpc) is 2.49. The molecular weight excluding hydrogens is 320 g/mol. The molecule has 2 N–H and O–H groups in total. The predicted octanol–water partition coefficient (Wildman–Crippen LogP) is 3.90. The van der Waals surface area contributed by atoms with Crippen molar-refractivity contribution in [2.75, 3.05) is 7.11 Å². The molecule has 0 spiro atoms. The molecule has 0 unspecified atom stereocenters. The maximum atomic E-state index is 12.2. The molecule has 0 aromatic rings. The van der Waals surface area contributed by atoms with E-state index in [0.717, 1.165) is 24.0 Å². The Balaban J connectivity index is 2.61. The number of carboxylic acids is 2. The lowest BCUT2D eigenvalue weighted by Gasteiger charge is -2.57. The fourth-order valence-electron chi connectivity index (χ4n) is 5.14. The quantitative estimate of drug-likeness (QED) is 0.751. The molecule has 0 aromatic heterocycles. The number of ether oxygens (including phenoxy) is 1. The molecule has 2 saturated carbocycles. The summed E-state index contributed by atoms with van der Waals surface area (Å²) in [5.74, 6) is -1.68. The molecule has 2 fully saturated rings. The van der Waals surface area contributed by atoms with E-state index >= 15 is 0 Å². The Morgan fingerprint density at radius 1 is 1.24 bits per heavy atom. The minimum atomic E-state index is -1.03. The van der Waals surface area contributed by atoms with Crippen LogP contribution in [0.25, 0.3) is 0 Å². The minimum absolute atomic E-state index is 0.161. The molecule has 0 heterocycles. The van der Waals surface area contributed by atoms with Crippen molar-refractivity contribution < 1.29 is 24.5 Å². The average molecular weight is 350 g/mol. The molecule has 4 atom stereocenters. The molecule has 140 valence electrons. The normalized spacial score (nSPS) is 38.8. The van der Waals surface area contributed by atoms with E-state index in [9.17, 15) is 19.8 Å². The number of carbonyl (C=O) groups is 2. The minimum Gasteiger partial charge on any atom is -0.481 e. The second-order valence-electron chi connectivity index (χ2n) is 8.19. The SMILES string of the molecule is CO[C@H]1CC[C@]2(C)C(=C/C(=O)O)/C(=C/C(C)C)CC[C@H]2[C@@]1(C)C(=O)O. The van der Waals surface area contributed by atoms with Crippen LogP contribution in [0.15, 0.2) is 23.3 Å². The van der Waals surface area contributed by atoms with Gasteiger partial charge in [0.15, 0.2) is 0 Å². The molecule has 0 saturated heterocycles. The Morgan fingerprint density at radius 2 is 1.88 bits per heavy atom. The summed E-state index contributed by atoms with van der Waals surface area (Å²) in [7, 11) is 1.56. The number of carboxylic acid groups (broad SMARTS) is 2. The van der Waals surface area contributed by atoms with E-state index in [-0.39, 0.29) is 12.0 Å². The molecule has 2 aliphatic rings. The Morgan fingerprint density at radius 3 is 2.36 bits per heavy atom. The van der Waals surface area contributed by atoms with E-state index in [0.29, 0.717) is 18.8 Å². The van der Waals surface area contributed by atoms with Crippen molar-refractivity contribution in [2.24, 2.45) is 22.7 Å². The van der Waals surface area contributed by atoms with Crippen molar-refractivity contribution in [3.8, 4) is 0 Å². The highest BCUT2D eigenvalue weighted by atomic mass is 16.5. The lowest BCUT2D eigenvalue weighted by molar-refractivity contribution is -0.178. The van der Waals surface area contributed by atoms with E-state index in [1.165, 1.54) is 6.08 Å². The maximum absolute atomic E-state index is 12.2. The highest BCUT2D eigenvalue weighted by molar-refractivity contribution is 5.83. The highest BCUT2D eigenvalue weighted by Crippen LogP contribution is 2.61. The predicted molar refractivity (Wildman–Crippen MR) is 95.2 cm³/mol. The van der Waals surface area contributed by atoms with Gasteiger partial charge in [0.25, 0.3) is 0 Å². The largest absolute Gasteiger partial charge is 0.481 e. The van der Waals surface area contributed by atoms with Crippen LogP contribution in [0.3, 0.4) is 0 Å². The van der Waals surface area contributed by atoms with Crippen LogP contribution in [0.5, 0.6) is 0 Å². The molecule has 25 heavy (non-hydrogen) atoms. The third-order valence-corrected chi connectivity index (χ3v) is 6.30. The van der Waals surface area contributed by atoms with Gasteiger partial charge in [0.2, 0.25) is 0 Å². The first-order valence-electron chi connectivity index (χ1n) is 8.99. The van der Waals surface area contributed by atoms with Crippen molar-refractivity contribution in [1.82, 2.24) is 0 Å². The highest BCUT2D eigenvalue weighted by Gasteiger charge is 2.60. The lowest BCUT2D eigenvalue weighted by Crippen LogP contribution is -2.58. The fourth-order valence-corrected chi connectivity index (χ4v) is 5.14. The number of hydrogen-bond acceptors (Lipinski definition) is 3. The van der Waals surface area contributed by atoms with Gasteiger partial charge >= 0.3 is 11.9 Å². The second-order valence-corrected chi connectivity index (χ2v) is 8.19. The van der Waals surface area contributed by atoms with Gasteiger partial charge in [-0.3, -0.25) is 4.79 Å². The molecular formula is C20H30O5. The Hall–Kier alpha value is -1.62. The van der Waals surface area contributed by atoms with Crippen molar-refractivity contribution >= 4 is 11.9 Å². The molecule has 0 amide bonds. The number of methoxy groups -OCH3 is 1. The van der Waals surface area contributed by atoms with Crippen LogP contribution in [0.4, 0.5) is 0 Å². The Bertz CT molecular complexity index is 618. The number of hydrogen-bond donors (Lipinski definition) is 2. The van der Waals surface area contributed by atoms with Gasteiger partial charge < -0.3 is 14.9 Å². The zero-order chi connectivity index (χ0) is 19.0. The molecule has 5 heteroatoms. The zero-order valence-electron chi connectivity index (χ0n) is 15.8. The summed E-state index contributed by atoms with van der Waals surface area (Å²) < 4.78 is 5.54. The smallest absolute Gasteiger partial charge is 0.328 e. The topological polar surface area (TPSA) is 83.8 Å². The molecule has 2 rings (SSSR count).